The zero-order chi connectivity index (χ0) is 12.9. The standard InChI is InChI=1S/C10H14ClFN2O2S/c1-2-13-5-6-17(15,16)14-8-3-4-10(12)9(11)7-8/h3-4,7,13-14H,2,5-6H2,1H3. The number of halogens is 2. The molecule has 96 valence electrons. The van der Waals surface area contributed by atoms with Gasteiger partial charge in [-0.15, -0.1) is 0 Å². The van der Waals surface area contributed by atoms with Gasteiger partial charge in [0.25, 0.3) is 0 Å². The number of benzene rings is 1. The first kappa shape index (κ1) is 14.2. The number of rotatable bonds is 6. The lowest BCUT2D eigenvalue weighted by molar-refractivity contribution is 0.597. The molecule has 0 heterocycles. The van der Waals surface area contributed by atoms with Crippen molar-refractivity contribution >= 4 is 27.3 Å². The third-order valence-corrected chi connectivity index (χ3v) is 3.57. The molecule has 1 rings (SSSR count). The molecule has 4 nitrogen and oxygen atoms in total. The van der Waals surface area contributed by atoms with Crippen LogP contribution in [0.3, 0.4) is 0 Å². The molecule has 2 N–H and O–H groups in total. The van der Waals surface area contributed by atoms with Crippen LogP contribution in [-0.4, -0.2) is 27.3 Å². The Balaban J connectivity index is 2.66. The highest BCUT2D eigenvalue weighted by atomic mass is 35.5. The molecule has 0 radical (unpaired) electrons. The van der Waals surface area contributed by atoms with Crippen molar-refractivity contribution in [2.24, 2.45) is 0 Å². The summed E-state index contributed by atoms with van der Waals surface area (Å²) in [6.07, 6.45) is 0. The van der Waals surface area contributed by atoms with Crippen LogP contribution < -0.4 is 10.0 Å². The van der Waals surface area contributed by atoms with E-state index in [0.29, 0.717) is 13.1 Å². The monoisotopic (exact) mass is 280 g/mol. The van der Waals surface area contributed by atoms with E-state index in [0.717, 1.165) is 6.07 Å². The molecule has 0 aliphatic rings. The van der Waals surface area contributed by atoms with E-state index in [1.54, 1.807) is 0 Å². The van der Waals surface area contributed by atoms with E-state index in [1.165, 1.54) is 12.1 Å². The highest BCUT2D eigenvalue weighted by Gasteiger charge is 2.10. The second kappa shape index (κ2) is 6.18. The highest BCUT2D eigenvalue weighted by molar-refractivity contribution is 7.92. The molecular weight excluding hydrogens is 267 g/mol. The van der Waals surface area contributed by atoms with Gasteiger partial charge in [-0.3, -0.25) is 4.72 Å². The van der Waals surface area contributed by atoms with Gasteiger partial charge in [-0.1, -0.05) is 18.5 Å². The van der Waals surface area contributed by atoms with Gasteiger partial charge < -0.3 is 5.32 Å². The molecule has 0 aliphatic heterocycles. The Bertz CT molecular complexity index is 479. The summed E-state index contributed by atoms with van der Waals surface area (Å²) in [7, 11) is -3.43. The van der Waals surface area contributed by atoms with E-state index in [9.17, 15) is 12.8 Å². The smallest absolute Gasteiger partial charge is 0.233 e. The largest absolute Gasteiger partial charge is 0.316 e. The molecule has 0 atom stereocenters. The van der Waals surface area contributed by atoms with Crippen molar-refractivity contribution < 1.29 is 12.8 Å². The molecule has 0 saturated carbocycles. The first-order valence-electron chi connectivity index (χ1n) is 5.11. The van der Waals surface area contributed by atoms with Gasteiger partial charge in [-0.05, 0) is 24.7 Å². The van der Waals surface area contributed by atoms with Crippen molar-refractivity contribution in [2.45, 2.75) is 6.92 Å². The fourth-order valence-electron chi connectivity index (χ4n) is 1.17. The molecule has 0 unspecified atom stereocenters. The predicted molar refractivity (Wildman–Crippen MR) is 67.4 cm³/mol. The number of sulfonamides is 1. The van der Waals surface area contributed by atoms with Crippen LogP contribution in [0.5, 0.6) is 0 Å². The summed E-state index contributed by atoms with van der Waals surface area (Å²) in [5.74, 6) is -0.627. The van der Waals surface area contributed by atoms with Gasteiger partial charge in [-0.2, -0.15) is 0 Å². The summed E-state index contributed by atoms with van der Waals surface area (Å²) < 4.78 is 38.4. The average molecular weight is 281 g/mol. The van der Waals surface area contributed by atoms with Crippen molar-refractivity contribution in [1.29, 1.82) is 0 Å². The van der Waals surface area contributed by atoms with Crippen LogP contribution in [0.2, 0.25) is 5.02 Å². The first-order chi connectivity index (χ1) is 7.94. The first-order valence-corrected chi connectivity index (χ1v) is 7.14. The Labute approximate surface area is 105 Å². The Hall–Kier alpha value is -0.850. The lowest BCUT2D eigenvalue weighted by Crippen LogP contribution is -2.26. The van der Waals surface area contributed by atoms with Crippen LogP contribution in [0, 0.1) is 5.82 Å². The lowest BCUT2D eigenvalue weighted by atomic mass is 10.3. The minimum atomic E-state index is -3.43. The van der Waals surface area contributed by atoms with Crippen molar-refractivity contribution in [3.8, 4) is 0 Å². The van der Waals surface area contributed by atoms with Gasteiger partial charge in [0.05, 0.1) is 16.5 Å². The summed E-state index contributed by atoms with van der Waals surface area (Å²) in [4.78, 5) is 0. The SMILES string of the molecule is CCNCCS(=O)(=O)Nc1ccc(F)c(Cl)c1. The van der Waals surface area contributed by atoms with Crippen LogP contribution in [0.1, 0.15) is 6.92 Å². The molecule has 17 heavy (non-hydrogen) atoms. The minimum Gasteiger partial charge on any atom is -0.316 e. The number of hydrogen-bond donors (Lipinski definition) is 2. The normalized spacial score (nSPS) is 11.5. The molecule has 0 bridgehead atoms. The Morgan fingerprint density at radius 2 is 2.12 bits per heavy atom. The number of anilines is 1. The van der Waals surface area contributed by atoms with Crippen molar-refractivity contribution in [1.82, 2.24) is 5.32 Å². The van der Waals surface area contributed by atoms with Crippen LogP contribution in [0.25, 0.3) is 0 Å². The molecule has 0 fully saturated rings. The van der Waals surface area contributed by atoms with E-state index < -0.39 is 15.8 Å². The summed E-state index contributed by atoms with van der Waals surface area (Å²) in [6, 6.07) is 3.68. The second-order valence-corrected chi connectivity index (χ2v) is 5.65. The molecular formula is C10H14ClFN2O2S. The number of nitrogens with one attached hydrogen (secondary N) is 2. The number of hydrogen-bond acceptors (Lipinski definition) is 3. The Morgan fingerprint density at radius 1 is 1.41 bits per heavy atom. The molecule has 0 amide bonds. The van der Waals surface area contributed by atoms with Gasteiger partial charge in [0, 0.05) is 6.54 Å². The maximum atomic E-state index is 12.9. The van der Waals surface area contributed by atoms with Crippen LogP contribution in [-0.2, 0) is 10.0 Å². The van der Waals surface area contributed by atoms with Gasteiger partial charge in [-0.25, -0.2) is 12.8 Å². The summed E-state index contributed by atoms with van der Waals surface area (Å²) >= 11 is 5.55. The van der Waals surface area contributed by atoms with E-state index in [1.807, 2.05) is 6.92 Å². The molecule has 0 aromatic heterocycles. The fraction of sp³-hybridized carbons (Fsp3) is 0.400. The molecule has 1 aromatic carbocycles. The molecule has 7 heteroatoms. The summed E-state index contributed by atoms with van der Waals surface area (Å²) in [6.45, 7) is 2.96. The van der Waals surface area contributed by atoms with Crippen molar-refractivity contribution in [2.75, 3.05) is 23.6 Å². The van der Waals surface area contributed by atoms with Gasteiger partial charge in [0.2, 0.25) is 10.0 Å². The van der Waals surface area contributed by atoms with Gasteiger partial charge in [0.15, 0.2) is 0 Å². The summed E-state index contributed by atoms with van der Waals surface area (Å²) in [5.41, 5.74) is 0.257. The summed E-state index contributed by atoms with van der Waals surface area (Å²) in [5, 5.41) is 2.79. The van der Waals surface area contributed by atoms with E-state index in [-0.39, 0.29) is 16.5 Å². The van der Waals surface area contributed by atoms with Crippen LogP contribution in [0.15, 0.2) is 18.2 Å². The molecule has 0 aliphatic carbocycles. The fourth-order valence-corrected chi connectivity index (χ4v) is 2.36. The average Bonchev–Trinajstić information content (AvgIpc) is 2.23. The van der Waals surface area contributed by atoms with Crippen LogP contribution >= 0.6 is 11.6 Å². The Kier molecular flexibility index (Phi) is 5.17. The highest BCUT2D eigenvalue weighted by Crippen LogP contribution is 2.20. The molecule has 0 spiro atoms. The lowest BCUT2D eigenvalue weighted by Gasteiger charge is -2.08. The van der Waals surface area contributed by atoms with Gasteiger partial charge >= 0.3 is 0 Å². The van der Waals surface area contributed by atoms with Crippen molar-refractivity contribution in [3.63, 3.8) is 0 Å². The Morgan fingerprint density at radius 3 is 2.71 bits per heavy atom. The zero-order valence-corrected chi connectivity index (χ0v) is 10.9. The topological polar surface area (TPSA) is 58.2 Å². The van der Waals surface area contributed by atoms with E-state index >= 15 is 0 Å². The predicted octanol–water partition coefficient (Wildman–Crippen LogP) is 1.83. The quantitative estimate of drug-likeness (QED) is 0.782. The zero-order valence-electron chi connectivity index (χ0n) is 9.33. The minimum absolute atomic E-state index is 0.0458. The third kappa shape index (κ3) is 4.89. The maximum absolute atomic E-state index is 12.9. The van der Waals surface area contributed by atoms with Crippen molar-refractivity contribution in [3.05, 3.63) is 29.0 Å². The van der Waals surface area contributed by atoms with Gasteiger partial charge in [0.1, 0.15) is 5.82 Å². The third-order valence-electron chi connectivity index (χ3n) is 1.99. The molecule has 1 aromatic rings. The second-order valence-electron chi connectivity index (χ2n) is 3.40. The van der Waals surface area contributed by atoms with Crippen LogP contribution in [0.4, 0.5) is 10.1 Å². The van der Waals surface area contributed by atoms with E-state index in [4.69, 9.17) is 11.6 Å². The van der Waals surface area contributed by atoms with E-state index in [2.05, 4.69) is 10.0 Å². The molecule has 0 saturated heterocycles. The maximum Gasteiger partial charge on any atom is 0.233 e.